The summed E-state index contributed by atoms with van der Waals surface area (Å²) in [7, 11) is 1.44. The molecule has 0 aromatic heterocycles. The van der Waals surface area contributed by atoms with Crippen LogP contribution in [0.1, 0.15) is 11.1 Å². The van der Waals surface area contributed by atoms with Crippen LogP contribution in [0.15, 0.2) is 52.5 Å². The lowest BCUT2D eigenvalue weighted by Crippen LogP contribution is -2.22. The van der Waals surface area contributed by atoms with Crippen LogP contribution in [0.25, 0.3) is 6.08 Å². The van der Waals surface area contributed by atoms with E-state index in [1.165, 1.54) is 25.5 Å². The van der Waals surface area contributed by atoms with Gasteiger partial charge in [0.25, 0.3) is 5.91 Å². The molecule has 132 valence electrons. The lowest BCUT2D eigenvalue weighted by atomic mass is 10.2. The average Bonchev–Trinajstić information content (AvgIpc) is 2.89. The second kappa shape index (κ2) is 7.67. The number of hydrogen-bond acceptors (Lipinski definition) is 6. The first-order valence-corrected chi connectivity index (χ1v) is 8.65. The van der Waals surface area contributed by atoms with Gasteiger partial charge < -0.3 is 9.84 Å². The molecule has 0 bridgehead atoms. The number of benzene rings is 2. The number of thiocarbonyl (C=S) groups is 1. The van der Waals surface area contributed by atoms with E-state index in [-0.39, 0.29) is 15.6 Å². The molecular formula is C18H13FN2O3S2. The van der Waals surface area contributed by atoms with Crippen molar-refractivity contribution in [2.75, 3.05) is 7.11 Å². The summed E-state index contributed by atoms with van der Waals surface area (Å²) in [5, 5.41) is 14.7. The molecule has 5 nitrogen and oxygen atoms in total. The van der Waals surface area contributed by atoms with Crippen LogP contribution in [0, 0.1) is 5.82 Å². The van der Waals surface area contributed by atoms with Crippen LogP contribution in [-0.2, 0) is 4.79 Å². The van der Waals surface area contributed by atoms with Gasteiger partial charge in [-0.1, -0.05) is 36.0 Å². The maximum Gasteiger partial charge on any atom is 0.286 e. The molecule has 1 aliphatic heterocycles. The van der Waals surface area contributed by atoms with E-state index < -0.39 is 11.7 Å². The van der Waals surface area contributed by atoms with Gasteiger partial charge in [-0.05, 0) is 42.1 Å². The van der Waals surface area contributed by atoms with Gasteiger partial charge in [0.2, 0.25) is 0 Å². The summed E-state index contributed by atoms with van der Waals surface area (Å²) in [6.45, 7) is 0. The number of amides is 1. The van der Waals surface area contributed by atoms with E-state index >= 15 is 0 Å². The Labute approximate surface area is 158 Å². The number of carbonyl (C=O) groups is 1. The highest BCUT2D eigenvalue weighted by Crippen LogP contribution is 2.34. The van der Waals surface area contributed by atoms with Crippen molar-refractivity contribution >= 4 is 46.5 Å². The molecule has 0 saturated carbocycles. The number of phenols is 1. The molecule has 0 radical (unpaired) electrons. The number of hydrogen-bond donors (Lipinski definition) is 1. The first kappa shape index (κ1) is 18.1. The van der Waals surface area contributed by atoms with Gasteiger partial charge in [0.1, 0.15) is 5.82 Å². The normalized spacial score (nSPS) is 16.1. The largest absolute Gasteiger partial charge is 0.504 e. The molecule has 1 aliphatic rings. The van der Waals surface area contributed by atoms with Gasteiger partial charge >= 0.3 is 0 Å². The highest BCUT2D eigenvalue weighted by molar-refractivity contribution is 8.26. The second-order valence-electron chi connectivity index (χ2n) is 5.19. The Hall–Kier alpha value is -2.71. The number of nitrogens with zero attached hydrogens (tertiary/aromatic N) is 2. The van der Waals surface area contributed by atoms with E-state index in [4.69, 9.17) is 17.0 Å². The van der Waals surface area contributed by atoms with Gasteiger partial charge in [0.15, 0.2) is 15.8 Å². The minimum atomic E-state index is -0.437. The summed E-state index contributed by atoms with van der Waals surface area (Å²) >= 11 is 6.28. The predicted octanol–water partition coefficient (Wildman–Crippen LogP) is 3.78. The molecule has 0 atom stereocenters. The fourth-order valence-electron chi connectivity index (χ4n) is 2.19. The fourth-order valence-corrected chi connectivity index (χ4v) is 3.37. The third-order valence-corrected chi connectivity index (χ3v) is 4.78. The quantitative estimate of drug-likeness (QED) is 0.491. The van der Waals surface area contributed by atoms with Crippen LogP contribution in [0.2, 0.25) is 0 Å². The van der Waals surface area contributed by atoms with E-state index in [2.05, 4.69) is 5.10 Å². The molecule has 0 aliphatic carbocycles. The molecule has 0 spiro atoms. The molecule has 8 heteroatoms. The van der Waals surface area contributed by atoms with Crippen molar-refractivity contribution in [2.24, 2.45) is 5.10 Å². The summed E-state index contributed by atoms with van der Waals surface area (Å²) in [6, 6.07) is 10.8. The van der Waals surface area contributed by atoms with E-state index in [1.54, 1.807) is 36.4 Å². The first-order chi connectivity index (χ1) is 12.5. The number of aromatic hydroxyl groups is 1. The van der Waals surface area contributed by atoms with Crippen LogP contribution in [0.3, 0.4) is 0 Å². The van der Waals surface area contributed by atoms with Crippen molar-refractivity contribution in [2.45, 2.75) is 0 Å². The first-order valence-electron chi connectivity index (χ1n) is 7.43. The monoisotopic (exact) mass is 388 g/mol. The van der Waals surface area contributed by atoms with Crippen molar-refractivity contribution < 1.29 is 19.0 Å². The zero-order chi connectivity index (χ0) is 18.7. The zero-order valence-electron chi connectivity index (χ0n) is 13.5. The van der Waals surface area contributed by atoms with E-state index in [0.717, 1.165) is 16.8 Å². The Balaban J connectivity index is 1.84. The number of thioether (sulfide) groups is 1. The minimum absolute atomic E-state index is 0.00619. The van der Waals surface area contributed by atoms with Crippen molar-refractivity contribution in [3.8, 4) is 11.5 Å². The van der Waals surface area contributed by atoms with Crippen molar-refractivity contribution in [3.63, 3.8) is 0 Å². The SMILES string of the molecule is COc1cc(/C=C2/SC(=S)N(/N=C/c3ccccc3F)C2=O)ccc1O. The van der Waals surface area contributed by atoms with Gasteiger partial charge in [-0.2, -0.15) is 10.1 Å². The zero-order valence-corrected chi connectivity index (χ0v) is 15.2. The fraction of sp³-hybridized carbons (Fsp3) is 0.0556. The van der Waals surface area contributed by atoms with Crippen molar-refractivity contribution in [1.82, 2.24) is 5.01 Å². The number of hydrazone groups is 1. The average molecular weight is 388 g/mol. The molecule has 1 N–H and O–H groups in total. The smallest absolute Gasteiger partial charge is 0.286 e. The summed E-state index contributed by atoms with van der Waals surface area (Å²) < 4.78 is 19.0. The number of halogens is 1. The van der Waals surface area contributed by atoms with Crippen LogP contribution < -0.4 is 4.74 Å². The van der Waals surface area contributed by atoms with E-state index in [0.29, 0.717) is 16.2 Å². The van der Waals surface area contributed by atoms with Gasteiger partial charge in [-0.15, -0.1) is 0 Å². The van der Waals surface area contributed by atoms with Crippen LogP contribution in [0.4, 0.5) is 4.39 Å². The summed E-state index contributed by atoms with van der Waals surface area (Å²) in [4.78, 5) is 12.9. The van der Waals surface area contributed by atoms with Crippen LogP contribution >= 0.6 is 24.0 Å². The van der Waals surface area contributed by atoms with Crippen LogP contribution in [0.5, 0.6) is 11.5 Å². The Morgan fingerprint density at radius 1 is 1.31 bits per heavy atom. The Bertz CT molecular complexity index is 944. The standard InChI is InChI=1S/C18H13FN2O3S2/c1-24-15-8-11(6-7-14(15)22)9-16-17(23)21(18(25)26-16)20-10-12-4-2-3-5-13(12)19/h2-10,22H,1H3/b16-9+,20-10+. The van der Waals surface area contributed by atoms with E-state index in [9.17, 15) is 14.3 Å². The summed E-state index contributed by atoms with van der Waals surface area (Å²) in [6.07, 6.45) is 2.88. The van der Waals surface area contributed by atoms with Gasteiger partial charge in [0, 0.05) is 5.56 Å². The highest BCUT2D eigenvalue weighted by atomic mass is 32.2. The minimum Gasteiger partial charge on any atom is -0.504 e. The number of rotatable bonds is 4. The number of ether oxygens (including phenoxy) is 1. The van der Waals surface area contributed by atoms with E-state index in [1.807, 2.05) is 0 Å². The Morgan fingerprint density at radius 2 is 2.08 bits per heavy atom. The third-order valence-electron chi connectivity index (χ3n) is 3.49. The maximum absolute atomic E-state index is 13.6. The lowest BCUT2D eigenvalue weighted by molar-refractivity contribution is -0.122. The molecule has 2 aromatic rings. The molecule has 1 amide bonds. The molecule has 26 heavy (non-hydrogen) atoms. The van der Waals surface area contributed by atoms with Crippen molar-refractivity contribution in [1.29, 1.82) is 0 Å². The molecule has 3 rings (SSSR count). The summed E-state index contributed by atoms with van der Waals surface area (Å²) in [5.41, 5.74) is 0.923. The maximum atomic E-state index is 13.6. The molecule has 1 heterocycles. The topological polar surface area (TPSA) is 62.1 Å². The molecule has 2 aromatic carbocycles. The third kappa shape index (κ3) is 3.76. The van der Waals surface area contributed by atoms with Crippen molar-refractivity contribution in [3.05, 3.63) is 64.3 Å². The van der Waals surface area contributed by atoms with Crippen LogP contribution in [-0.4, -0.2) is 33.7 Å². The molecule has 0 unspecified atom stereocenters. The highest BCUT2D eigenvalue weighted by Gasteiger charge is 2.32. The van der Waals surface area contributed by atoms with Gasteiger partial charge in [-0.25, -0.2) is 4.39 Å². The Morgan fingerprint density at radius 3 is 2.81 bits per heavy atom. The second-order valence-corrected chi connectivity index (χ2v) is 6.87. The predicted molar refractivity (Wildman–Crippen MR) is 104 cm³/mol. The lowest BCUT2D eigenvalue weighted by Gasteiger charge is -2.06. The molecular weight excluding hydrogens is 375 g/mol. The Kier molecular flexibility index (Phi) is 5.34. The number of carbonyl (C=O) groups excluding carboxylic acids is 1. The molecule has 1 fully saturated rings. The molecule has 1 saturated heterocycles. The summed E-state index contributed by atoms with van der Waals surface area (Å²) in [5.74, 6) is -0.536. The number of methoxy groups -OCH3 is 1. The van der Waals surface area contributed by atoms with Gasteiger partial charge in [0.05, 0.1) is 18.2 Å². The number of phenolic OH excluding ortho intramolecular Hbond substituents is 1. The van der Waals surface area contributed by atoms with Gasteiger partial charge in [-0.3, -0.25) is 4.79 Å².